The number of amides is 1. The van der Waals surface area contributed by atoms with Crippen LogP contribution in [0.5, 0.6) is 5.75 Å². The van der Waals surface area contributed by atoms with Crippen molar-refractivity contribution < 1.29 is 14.3 Å². The Kier molecular flexibility index (Phi) is 5.84. The van der Waals surface area contributed by atoms with Gasteiger partial charge in [0.05, 0.1) is 24.5 Å². The fourth-order valence-corrected chi connectivity index (χ4v) is 3.24. The third kappa shape index (κ3) is 4.49. The molecule has 3 aromatic rings. The van der Waals surface area contributed by atoms with E-state index < -0.39 is 0 Å². The number of fused-ring (bicyclic) bond motifs is 1. The number of carbonyl (C=O) groups is 1. The molecular formula is C21H24N4O3. The molecule has 1 aliphatic heterocycles. The summed E-state index contributed by atoms with van der Waals surface area (Å²) in [6.45, 7) is 5.06. The Bertz CT molecular complexity index is 901. The highest BCUT2D eigenvalue weighted by atomic mass is 16.5. The fraction of sp³-hybridized carbons (Fsp3) is 0.333. The number of nitrogens with one attached hydrogen (secondary N) is 1. The molecule has 0 atom stereocenters. The van der Waals surface area contributed by atoms with Crippen LogP contribution in [0.1, 0.15) is 16.1 Å². The van der Waals surface area contributed by atoms with E-state index >= 15 is 0 Å². The summed E-state index contributed by atoms with van der Waals surface area (Å²) in [6.07, 6.45) is 3.88. The lowest BCUT2D eigenvalue weighted by atomic mass is 10.2. The van der Waals surface area contributed by atoms with Crippen molar-refractivity contribution in [3.05, 3.63) is 66.1 Å². The number of imidazole rings is 1. The second-order valence-electron chi connectivity index (χ2n) is 6.69. The summed E-state index contributed by atoms with van der Waals surface area (Å²) >= 11 is 0. The van der Waals surface area contributed by atoms with Crippen LogP contribution < -0.4 is 10.1 Å². The molecule has 4 rings (SSSR count). The molecule has 0 aliphatic carbocycles. The molecule has 2 aromatic heterocycles. The van der Waals surface area contributed by atoms with Gasteiger partial charge in [0.1, 0.15) is 18.0 Å². The van der Waals surface area contributed by atoms with Crippen LogP contribution in [-0.2, 0) is 11.3 Å². The number of nitrogens with zero attached hydrogens (tertiary/aromatic N) is 3. The minimum atomic E-state index is -0.126. The topological polar surface area (TPSA) is 68.1 Å². The van der Waals surface area contributed by atoms with Crippen molar-refractivity contribution in [1.29, 1.82) is 0 Å². The average molecular weight is 380 g/mol. The van der Waals surface area contributed by atoms with Crippen LogP contribution in [0.4, 0.5) is 0 Å². The van der Waals surface area contributed by atoms with Gasteiger partial charge in [0.25, 0.3) is 5.91 Å². The molecular weight excluding hydrogens is 356 g/mol. The normalized spacial score (nSPS) is 14.9. The number of aromatic nitrogens is 2. The number of pyridine rings is 1. The smallest absolute Gasteiger partial charge is 0.255 e. The van der Waals surface area contributed by atoms with Gasteiger partial charge in [0, 0.05) is 38.6 Å². The summed E-state index contributed by atoms with van der Waals surface area (Å²) in [7, 11) is 0. The summed E-state index contributed by atoms with van der Waals surface area (Å²) in [5, 5.41) is 2.99. The zero-order chi connectivity index (χ0) is 19.2. The number of rotatable bonds is 7. The van der Waals surface area contributed by atoms with E-state index in [1.807, 2.05) is 53.2 Å². The zero-order valence-electron chi connectivity index (χ0n) is 15.7. The lowest BCUT2D eigenvalue weighted by Crippen LogP contribution is -2.41. The summed E-state index contributed by atoms with van der Waals surface area (Å²) in [4.78, 5) is 19.4. The lowest BCUT2D eigenvalue weighted by molar-refractivity contribution is 0.0383. The van der Waals surface area contributed by atoms with Crippen LogP contribution in [-0.4, -0.2) is 59.6 Å². The Morgan fingerprint density at radius 1 is 1.14 bits per heavy atom. The summed E-state index contributed by atoms with van der Waals surface area (Å²) in [5.74, 6) is 0.433. The van der Waals surface area contributed by atoms with Gasteiger partial charge < -0.3 is 19.2 Å². The monoisotopic (exact) mass is 380 g/mol. The van der Waals surface area contributed by atoms with E-state index in [2.05, 4.69) is 15.2 Å². The molecule has 1 aromatic carbocycles. The Morgan fingerprint density at radius 2 is 1.96 bits per heavy atom. The van der Waals surface area contributed by atoms with Gasteiger partial charge in [-0.3, -0.25) is 9.69 Å². The number of carbonyl (C=O) groups excluding carboxylic acids is 1. The first kappa shape index (κ1) is 18.5. The summed E-state index contributed by atoms with van der Waals surface area (Å²) < 4.78 is 13.2. The molecule has 0 unspecified atom stereocenters. The van der Waals surface area contributed by atoms with Crippen molar-refractivity contribution in [2.45, 2.75) is 6.61 Å². The summed E-state index contributed by atoms with van der Waals surface area (Å²) in [6, 6.07) is 13.1. The predicted octanol–water partition coefficient (Wildman–Crippen LogP) is 1.98. The second-order valence-corrected chi connectivity index (χ2v) is 6.69. The third-order valence-corrected chi connectivity index (χ3v) is 4.74. The van der Waals surface area contributed by atoms with Gasteiger partial charge >= 0.3 is 0 Å². The largest absolute Gasteiger partial charge is 0.486 e. The van der Waals surface area contributed by atoms with Crippen molar-refractivity contribution >= 4 is 11.6 Å². The molecule has 0 radical (unpaired) electrons. The number of benzene rings is 1. The first-order valence-electron chi connectivity index (χ1n) is 9.52. The van der Waals surface area contributed by atoms with Gasteiger partial charge in [-0.25, -0.2) is 4.98 Å². The zero-order valence-corrected chi connectivity index (χ0v) is 15.7. The molecule has 7 nitrogen and oxygen atoms in total. The van der Waals surface area contributed by atoms with Crippen LogP contribution in [0.25, 0.3) is 5.65 Å². The van der Waals surface area contributed by atoms with Crippen LogP contribution in [0.2, 0.25) is 0 Å². The molecule has 1 saturated heterocycles. The molecule has 1 fully saturated rings. The van der Waals surface area contributed by atoms with Gasteiger partial charge in [0.15, 0.2) is 0 Å². The fourth-order valence-electron chi connectivity index (χ4n) is 3.24. The Morgan fingerprint density at radius 3 is 2.82 bits per heavy atom. The molecule has 1 aliphatic rings. The molecule has 0 spiro atoms. The minimum Gasteiger partial charge on any atom is -0.486 e. The molecule has 28 heavy (non-hydrogen) atoms. The maximum Gasteiger partial charge on any atom is 0.255 e. The van der Waals surface area contributed by atoms with E-state index in [1.54, 1.807) is 6.07 Å². The lowest BCUT2D eigenvalue weighted by Gasteiger charge is -2.26. The molecule has 146 valence electrons. The highest BCUT2D eigenvalue weighted by Crippen LogP contribution is 2.19. The molecule has 7 heteroatoms. The third-order valence-electron chi connectivity index (χ3n) is 4.74. The number of para-hydroxylation sites is 1. The number of hydrogen-bond donors (Lipinski definition) is 1. The van der Waals surface area contributed by atoms with Crippen molar-refractivity contribution in [3.63, 3.8) is 0 Å². The van der Waals surface area contributed by atoms with Gasteiger partial charge in [-0.15, -0.1) is 0 Å². The van der Waals surface area contributed by atoms with E-state index in [0.29, 0.717) is 24.5 Å². The van der Waals surface area contributed by atoms with Crippen molar-refractivity contribution in [2.75, 3.05) is 39.4 Å². The van der Waals surface area contributed by atoms with Crippen molar-refractivity contribution in [3.8, 4) is 5.75 Å². The second kappa shape index (κ2) is 8.86. The predicted molar refractivity (Wildman–Crippen MR) is 106 cm³/mol. The van der Waals surface area contributed by atoms with Gasteiger partial charge in [-0.05, 0) is 24.3 Å². The maximum absolute atomic E-state index is 12.6. The Hall–Kier alpha value is -2.90. The molecule has 0 saturated carbocycles. The van der Waals surface area contributed by atoms with Crippen LogP contribution in [0.15, 0.2) is 54.9 Å². The minimum absolute atomic E-state index is 0.126. The van der Waals surface area contributed by atoms with E-state index in [1.165, 1.54) is 0 Å². The quantitative estimate of drug-likeness (QED) is 0.679. The Labute approximate surface area is 163 Å². The van der Waals surface area contributed by atoms with E-state index in [-0.39, 0.29) is 5.91 Å². The highest BCUT2D eigenvalue weighted by Gasteiger charge is 2.14. The van der Waals surface area contributed by atoms with Gasteiger partial charge in [-0.1, -0.05) is 18.2 Å². The van der Waals surface area contributed by atoms with Crippen LogP contribution in [0, 0.1) is 0 Å². The van der Waals surface area contributed by atoms with E-state index in [9.17, 15) is 4.79 Å². The van der Waals surface area contributed by atoms with E-state index in [4.69, 9.17) is 9.47 Å². The number of hydrogen-bond acceptors (Lipinski definition) is 5. The van der Waals surface area contributed by atoms with Crippen LogP contribution >= 0.6 is 0 Å². The van der Waals surface area contributed by atoms with Crippen molar-refractivity contribution in [2.24, 2.45) is 0 Å². The SMILES string of the molecule is O=C(NCCN1CCOCC1)c1ccccc1OCc1cn2ccccc2n1. The van der Waals surface area contributed by atoms with Crippen molar-refractivity contribution in [1.82, 2.24) is 19.6 Å². The molecule has 1 amide bonds. The molecule has 3 heterocycles. The first-order chi connectivity index (χ1) is 13.8. The highest BCUT2D eigenvalue weighted by molar-refractivity contribution is 5.96. The number of ether oxygens (including phenoxy) is 2. The first-order valence-corrected chi connectivity index (χ1v) is 9.52. The average Bonchev–Trinajstić information content (AvgIpc) is 3.16. The van der Waals surface area contributed by atoms with Gasteiger partial charge in [-0.2, -0.15) is 0 Å². The number of morpholine rings is 1. The van der Waals surface area contributed by atoms with Gasteiger partial charge in [0.2, 0.25) is 0 Å². The van der Waals surface area contributed by atoms with Crippen LogP contribution in [0.3, 0.4) is 0 Å². The molecule has 0 bridgehead atoms. The summed E-state index contributed by atoms with van der Waals surface area (Å²) in [5.41, 5.74) is 2.22. The Balaban J connectivity index is 1.35. The maximum atomic E-state index is 12.6. The van der Waals surface area contributed by atoms with E-state index in [0.717, 1.165) is 44.2 Å². The molecule has 1 N–H and O–H groups in total. The standard InChI is InChI=1S/C21H24N4O3/c26-21(22-8-10-24-11-13-27-14-12-24)18-5-1-2-6-19(18)28-16-17-15-25-9-4-3-7-20(25)23-17/h1-7,9,15H,8,10-14,16H2,(H,22,26).